The highest BCUT2D eigenvalue weighted by molar-refractivity contribution is 6.08. The number of nitrogens with zero attached hydrogens (tertiary/aromatic N) is 1. The van der Waals surface area contributed by atoms with Crippen LogP contribution in [0.4, 0.5) is 5.88 Å². The monoisotopic (exact) mass is 284 g/mol. The largest absolute Gasteiger partial charge is 0.465 e. The highest BCUT2D eigenvalue weighted by atomic mass is 16.6. The Hall–Kier alpha value is -2.71. The van der Waals surface area contributed by atoms with Crippen molar-refractivity contribution < 1.29 is 28.5 Å². The Balaban J connectivity index is 2.67. The smallest absolute Gasteiger partial charge is 0.433 e. The molecule has 0 bridgehead atoms. The third kappa shape index (κ3) is 3.64. The lowest BCUT2D eigenvalue weighted by atomic mass is 10.1. The molecule has 2 amide bonds. The van der Waals surface area contributed by atoms with Crippen LogP contribution in [0.3, 0.4) is 0 Å². The van der Waals surface area contributed by atoms with Gasteiger partial charge in [-0.25, -0.2) is 0 Å². The van der Waals surface area contributed by atoms with E-state index in [0.717, 1.165) is 12.1 Å². The van der Waals surface area contributed by atoms with Crippen LogP contribution in [0.1, 0.15) is 24.4 Å². The highest BCUT2D eigenvalue weighted by Crippen LogP contribution is 2.15. The first-order valence-electron chi connectivity index (χ1n) is 5.62. The molecule has 1 atom stereocenters. The van der Waals surface area contributed by atoms with Crippen LogP contribution in [0.2, 0.25) is 0 Å². The predicted molar refractivity (Wildman–Crippen MR) is 63.6 cm³/mol. The maximum absolute atomic E-state index is 11.6. The standard InChI is InChI=1S/C11H12N2O7/c1-3-19-11(16)6(2)9(14)12-10(15)7-4-5-8(20-7)13(17)18/h4-6H,3H2,1-2H3,(H,12,14,15). The number of ether oxygens (including phenoxy) is 1. The molecule has 108 valence electrons. The number of esters is 1. The Bertz CT molecular complexity index is 549. The van der Waals surface area contributed by atoms with Crippen LogP contribution in [0.5, 0.6) is 0 Å². The summed E-state index contributed by atoms with van der Waals surface area (Å²) in [5, 5.41) is 12.3. The van der Waals surface area contributed by atoms with E-state index in [0.29, 0.717) is 0 Å². The van der Waals surface area contributed by atoms with Crippen molar-refractivity contribution in [2.24, 2.45) is 5.92 Å². The second kappa shape index (κ2) is 6.45. The number of amides is 2. The minimum Gasteiger partial charge on any atom is -0.465 e. The van der Waals surface area contributed by atoms with Gasteiger partial charge in [-0.15, -0.1) is 0 Å². The van der Waals surface area contributed by atoms with Crippen LogP contribution in [-0.4, -0.2) is 29.3 Å². The van der Waals surface area contributed by atoms with Gasteiger partial charge in [0.25, 0.3) is 5.91 Å². The van der Waals surface area contributed by atoms with Gasteiger partial charge in [-0.05, 0) is 19.9 Å². The molecule has 0 radical (unpaired) electrons. The van der Waals surface area contributed by atoms with Gasteiger partial charge in [0.1, 0.15) is 10.8 Å². The van der Waals surface area contributed by atoms with E-state index in [9.17, 15) is 24.5 Å². The van der Waals surface area contributed by atoms with Gasteiger partial charge >= 0.3 is 11.9 Å². The zero-order valence-electron chi connectivity index (χ0n) is 10.7. The van der Waals surface area contributed by atoms with E-state index in [4.69, 9.17) is 0 Å². The van der Waals surface area contributed by atoms with Gasteiger partial charge in [0.15, 0.2) is 5.76 Å². The van der Waals surface area contributed by atoms with Gasteiger partial charge in [-0.2, -0.15) is 0 Å². The van der Waals surface area contributed by atoms with Gasteiger partial charge in [0.05, 0.1) is 12.7 Å². The fourth-order valence-corrected chi connectivity index (χ4v) is 1.20. The number of hydrogen-bond donors (Lipinski definition) is 1. The topological polar surface area (TPSA) is 129 Å². The molecular formula is C11H12N2O7. The summed E-state index contributed by atoms with van der Waals surface area (Å²) in [6.07, 6.45) is 0. The molecule has 9 heteroatoms. The molecule has 1 heterocycles. The Morgan fingerprint density at radius 2 is 2.10 bits per heavy atom. The molecule has 0 fully saturated rings. The summed E-state index contributed by atoms with van der Waals surface area (Å²) < 4.78 is 9.24. The molecule has 9 nitrogen and oxygen atoms in total. The zero-order valence-corrected chi connectivity index (χ0v) is 10.7. The Morgan fingerprint density at radius 3 is 2.60 bits per heavy atom. The molecule has 1 aromatic rings. The molecule has 1 N–H and O–H groups in total. The first-order valence-corrected chi connectivity index (χ1v) is 5.62. The number of imide groups is 1. The van der Waals surface area contributed by atoms with E-state index in [1.807, 2.05) is 5.32 Å². The molecule has 0 saturated carbocycles. The Kier molecular flexibility index (Phi) is 4.95. The molecule has 1 unspecified atom stereocenters. The summed E-state index contributed by atoms with van der Waals surface area (Å²) in [4.78, 5) is 44.0. The van der Waals surface area contributed by atoms with Crippen molar-refractivity contribution in [3.63, 3.8) is 0 Å². The van der Waals surface area contributed by atoms with Crippen LogP contribution in [0.25, 0.3) is 0 Å². The minimum absolute atomic E-state index is 0.106. The molecule has 0 saturated heterocycles. The Labute approximate surface area is 113 Å². The van der Waals surface area contributed by atoms with Crippen LogP contribution in [0, 0.1) is 16.0 Å². The molecule has 0 aliphatic heterocycles. The molecule has 20 heavy (non-hydrogen) atoms. The van der Waals surface area contributed by atoms with Crippen molar-refractivity contribution in [1.82, 2.24) is 5.32 Å². The molecule has 0 aliphatic rings. The van der Waals surface area contributed by atoms with Crippen molar-refractivity contribution >= 4 is 23.7 Å². The van der Waals surface area contributed by atoms with Gasteiger partial charge in [0.2, 0.25) is 5.91 Å². The van der Waals surface area contributed by atoms with Crippen molar-refractivity contribution in [3.8, 4) is 0 Å². The van der Waals surface area contributed by atoms with E-state index in [-0.39, 0.29) is 6.61 Å². The van der Waals surface area contributed by atoms with Gasteiger partial charge < -0.3 is 9.15 Å². The van der Waals surface area contributed by atoms with Crippen molar-refractivity contribution in [1.29, 1.82) is 0 Å². The first-order chi connectivity index (χ1) is 9.36. The summed E-state index contributed by atoms with van der Waals surface area (Å²) in [5.74, 6) is -4.83. The van der Waals surface area contributed by atoms with Gasteiger partial charge in [-0.3, -0.25) is 29.8 Å². The van der Waals surface area contributed by atoms with E-state index >= 15 is 0 Å². The second-order valence-corrected chi connectivity index (χ2v) is 3.69. The van der Waals surface area contributed by atoms with Crippen molar-refractivity contribution in [2.45, 2.75) is 13.8 Å². The Morgan fingerprint density at radius 1 is 1.45 bits per heavy atom. The summed E-state index contributed by atoms with van der Waals surface area (Å²) in [5.41, 5.74) is 0. The number of nitro groups is 1. The van der Waals surface area contributed by atoms with Gasteiger partial charge in [0, 0.05) is 0 Å². The number of hydrogen-bond acceptors (Lipinski definition) is 7. The SMILES string of the molecule is CCOC(=O)C(C)C(=O)NC(=O)c1ccc([N+](=O)[O-])o1. The first kappa shape index (κ1) is 15.3. The average molecular weight is 284 g/mol. The summed E-state index contributed by atoms with van der Waals surface area (Å²) in [6.45, 7) is 2.95. The number of rotatable bonds is 5. The zero-order chi connectivity index (χ0) is 15.3. The lowest BCUT2D eigenvalue weighted by molar-refractivity contribution is -0.402. The van der Waals surface area contributed by atoms with Crippen LogP contribution >= 0.6 is 0 Å². The van der Waals surface area contributed by atoms with E-state index in [1.165, 1.54) is 6.92 Å². The summed E-state index contributed by atoms with van der Waals surface area (Å²) >= 11 is 0. The number of carbonyl (C=O) groups excluding carboxylic acids is 3. The minimum atomic E-state index is -1.18. The highest BCUT2D eigenvalue weighted by Gasteiger charge is 2.26. The molecule has 0 spiro atoms. The normalized spacial score (nSPS) is 11.5. The quantitative estimate of drug-likeness (QED) is 0.363. The second-order valence-electron chi connectivity index (χ2n) is 3.69. The van der Waals surface area contributed by atoms with E-state index < -0.39 is 40.3 Å². The third-order valence-electron chi connectivity index (χ3n) is 2.27. The average Bonchev–Trinajstić information content (AvgIpc) is 2.87. The van der Waals surface area contributed by atoms with Crippen molar-refractivity contribution in [2.75, 3.05) is 6.61 Å². The predicted octanol–water partition coefficient (Wildman–Crippen LogP) is 0.643. The molecule has 1 rings (SSSR count). The van der Waals surface area contributed by atoms with Crippen molar-refractivity contribution in [3.05, 3.63) is 28.0 Å². The molecule has 0 aromatic carbocycles. The summed E-state index contributed by atoms with van der Waals surface area (Å²) in [6, 6.07) is 2.03. The maximum Gasteiger partial charge on any atom is 0.433 e. The third-order valence-corrected chi connectivity index (χ3v) is 2.27. The van der Waals surface area contributed by atoms with Crippen LogP contribution in [0.15, 0.2) is 16.5 Å². The number of carbonyl (C=O) groups is 3. The lowest BCUT2D eigenvalue weighted by Crippen LogP contribution is -2.38. The van der Waals surface area contributed by atoms with Gasteiger partial charge in [-0.1, -0.05) is 0 Å². The van der Waals surface area contributed by atoms with E-state index in [2.05, 4.69) is 9.15 Å². The van der Waals surface area contributed by atoms with Crippen LogP contribution < -0.4 is 5.32 Å². The van der Waals surface area contributed by atoms with Crippen LogP contribution in [-0.2, 0) is 14.3 Å². The molecular weight excluding hydrogens is 272 g/mol. The number of nitrogens with one attached hydrogen (secondary N) is 1. The number of furan rings is 1. The fourth-order valence-electron chi connectivity index (χ4n) is 1.20. The maximum atomic E-state index is 11.6. The fraction of sp³-hybridized carbons (Fsp3) is 0.364. The summed E-state index contributed by atoms with van der Waals surface area (Å²) in [7, 11) is 0. The molecule has 0 aliphatic carbocycles. The molecule has 1 aromatic heterocycles. The lowest BCUT2D eigenvalue weighted by Gasteiger charge is -2.09. The van der Waals surface area contributed by atoms with E-state index in [1.54, 1.807) is 6.92 Å².